The average molecular weight is 229 g/mol. The summed E-state index contributed by atoms with van der Waals surface area (Å²) in [6, 6.07) is 10.2. The summed E-state index contributed by atoms with van der Waals surface area (Å²) in [5.74, 6) is 1.97. The van der Waals surface area contributed by atoms with Crippen molar-refractivity contribution >= 4 is 0 Å². The van der Waals surface area contributed by atoms with Gasteiger partial charge in [-0.05, 0) is 18.5 Å². The van der Waals surface area contributed by atoms with E-state index in [0.717, 1.165) is 25.3 Å². The van der Waals surface area contributed by atoms with Crippen LogP contribution in [-0.4, -0.2) is 23.2 Å². The lowest BCUT2D eigenvalue weighted by Gasteiger charge is -1.98. The van der Waals surface area contributed by atoms with Crippen LogP contribution in [0.1, 0.15) is 29.6 Å². The van der Waals surface area contributed by atoms with Crippen molar-refractivity contribution in [2.45, 2.75) is 18.8 Å². The summed E-state index contributed by atoms with van der Waals surface area (Å²) in [6.45, 7) is 2.01. The molecule has 0 spiro atoms. The second-order valence-corrected chi connectivity index (χ2v) is 4.40. The molecule has 0 saturated carbocycles. The second kappa shape index (κ2) is 4.67. The molecule has 4 nitrogen and oxygen atoms in total. The van der Waals surface area contributed by atoms with Crippen molar-refractivity contribution in [3.63, 3.8) is 0 Å². The SMILES string of the molecule is c1ccc(Cc2nc([C@H]3CCNC3)no2)cc1. The minimum Gasteiger partial charge on any atom is -0.339 e. The molecule has 1 fully saturated rings. The van der Waals surface area contributed by atoms with Gasteiger partial charge in [0.25, 0.3) is 0 Å². The summed E-state index contributed by atoms with van der Waals surface area (Å²) in [5.41, 5.74) is 1.20. The Kier molecular flexibility index (Phi) is 2.88. The summed E-state index contributed by atoms with van der Waals surface area (Å²) in [7, 11) is 0. The number of hydrogen-bond donors (Lipinski definition) is 1. The molecule has 1 aliphatic heterocycles. The standard InChI is InChI=1S/C13H15N3O/c1-2-4-10(5-3-1)8-12-15-13(16-17-12)11-6-7-14-9-11/h1-5,11,14H,6-9H2/t11-/m0/s1. The maximum absolute atomic E-state index is 5.29. The fraction of sp³-hybridized carbons (Fsp3) is 0.385. The maximum Gasteiger partial charge on any atom is 0.231 e. The van der Waals surface area contributed by atoms with Crippen molar-refractivity contribution < 1.29 is 4.52 Å². The molecule has 88 valence electrons. The third kappa shape index (κ3) is 2.36. The molecule has 0 amide bonds. The molecule has 4 heteroatoms. The first kappa shape index (κ1) is 10.5. The molecule has 3 rings (SSSR count). The predicted molar refractivity (Wildman–Crippen MR) is 63.8 cm³/mol. The number of rotatable bonds is 3. The highest BCUT2D eigenvalue weighted by Crippen LogP contribution is 2.19. The molecule has 0 radical (unpaired) electrons. The van der Waals surface area contributed by atoms with Gasteiger partial charge in [-0.2, -0.15) is 4.98 Å². The van der Waals surface area contributed by atoms with Gasteiger partial charge in [0.1, 0.15) is 0 Å². The van der Waals surface area contributed by atoms with Crippen LogP contribution in [0.25, 0.3) is 0 Å². The van der Waals surface area contributed by atoms with Crippen LogP contribution in [0.4, 0.5) is 0 Å². The van der Waals surface area contributed by atoms with Crippen LogP contribution in [0.5, 0.6) is 0 Å². The number of aromatic nitrogens is 2. The quantitative estimate of drug-likeness (QED) is 0.871. The summed E-state index contributed by atoms with van der Waals surface area (Å²) < 4.78 is 5.29. The summed E-state index contributed by atoms with van der Waals surface area (Å²) in [5, 5.41) is 7.38. The zero-order valence-corrected chi connectivity index (χ0v) is 9.60. The molecule has 1 aliphatic rings. The van der Waals surface area contributed by atoms with E-state index in [1.807, 2.05) is 18.2 Å². The van der Waals surface area contributed by atoms with Crippen molar-refractivity contribution in [1.82, 2.24) is 15.5 Å². The van der Waals surface area contributed by atoms with Gasteiger partial charge in [-0.15, -0.1) is 0 Å². The van der Waals surface area contributed by atoms with Crippen LogP contribution < -0.4 is 5.32 Å². The lowest BCUT2D eigenvalue weighted by atomic mass is 10.1. The van der Waals surface area contributed by atoms with Crippen molar-refractivity contribution in [3.8, 4) is 0 Å². The topological polar surface area (TPSA) is 51.0 Å². The number of hydrogen-bond acceptors (Lipinski definition) is 4. The summed E-state index contributed by atoms with van der Waals surface area (Å²) >= 11 is 0. The Morgan fingerprint density at radius 2 is 2.18 bits per heavy atom. The summed E-state index contributed by atoms with van der Waals surface area (Å²) in [4.78, 5) is 4.47. The highest BCUT2D eigenvalue weighted by atomic mass is 16.5. The van der Waals surface area contributed by atoms with Gasteiger partial charge in [0.05, 0.1) is 6.42 Å². The van der Waals surface area contributed by atoms with Crippen LogP contribution in [0, 0.1) is 0 Å². The molecule has 2 aromatic rings. The van der Waals surface area contributed by atoms with E-state index in [0.29, 0.717) is 18.2 Å². The lowest BCUT2D eigenvalue weighted by molar-refractivity contribution is 0.376. The van der Waals surface area contributed by atoms with Gasteiger partial charge in [-0.25, -0.2) is 0 Å². The van der Waals surface area contributed by atoms with Crippen molar-refractivity contribution in [2.24, 2.45) is 0 Å². The summed E-state index contributed by atoms with van der Waals surface area (Å²) in [6.07, 6.45) is 1.82. The Balaban J connectivity index is 1.72. The molecule has 0 aliphatic carbocycles. The third-order valence-corrected chi connectivity index (χ3v) is 3.11. The average Bonchev–Trinajstić information content (AvgIpc) is 3.00. The predicted octanol–water partition coefficient (Wildman–Crippen LogP) is 1.74. The Labute approximate surface area is 100 Å². The normalized spacial score (nSPS) is 19.6. The monoisotopic (exact) mass is 229 g/mol. The van der Waals surface area contributed by atoms with E-state index in [-0.39, 0.29) is 0 Å². The van der Waals surface area contributed by atoms with Crippen molar-refractivity contribution in [3.05, 3.63) is 47.6 Å². The molecule has 1 aromatic heterocycles. The van der Waals surface area contributed by atoms with E-state index in [2.05, 4.69) is 27.6 Å². The Bertz CT molecular complexity index is 474. The maximum atomic E-state index is 5.29. The van der Waals surface area contributed by atoms with E-state index < -0.39 is 0 Å². The van der Waals surface area contributed by atoms with Crippen LogP contribution >= 0.6 is 0 Å². The zero-order chi connectivity index (χ0) is 11.5. The minimum atomic E-state index is 0.420. The van der Waals surface area contributed by atoms with Crippen LogP contribution in [-0.2, 0) is 6.42 Å². The first-order valence-electron chi connectivity index (χ1n) is 5.99. The van der Waals surface area contributed by atoms with Crippen LogP contribution in [0.15, 0.2) is 34.9 Å². The number of nitrogens with zero attached hydrogens (tertiary/aromatic N) is 2. The molecule has 17 heavy (non-hydrogen) atoms. The van der Waals surface area contributed by atoms with Crippen molar-refractivity contribution in [2.75, 3.05) is 13.1 Å². The highest BCUT2D eigenvalue weighted by molar-refractivity contribution is 5.18. The first-order chi connectivity index (χ1) is 8.42. The number of nitrogens with one attached hydrogen (secondary N) is 1. The van der Waals surface area contributed by atoms with E-state index in [1.165, 1.54) is 5.56 Å². The molecule has 1 N–H and O–H groups in total. The van der Waals surface area contributed by atoms with E-state index in [1.54, 1.807) is 0 Å². The molecular weight excluding hydrogens is 214 g/mol. The largest absolute Gasteiger partial charge is 0.339 e. The molecular formula is C13H15N3O. The molecule has 1 aromatic carbocycles. The van der Waals surface area contributed by atoms with Crippen molar-refractivity contribution in [1.29, 1.82) is 0 Å². The van der Waals surface area contributed by atoms with Crippen LogP contribution in [0.3, 0.4) is 0 Å². The van der Waals surface area contributed by atoms with Gasteiger partial charge in [0.15, 0.2) is 5.82 Å². The molecule has 2 heterocycles. The number of benzene rings is 1. The lowest BCUT2D eigenvalue weighted by Crippen LogP contribution is -2.08. The molecule has 1 atom stereocenters. The zero-order valence-electron chi connectivity index (χ0n) is 9.60. The van der Waals surface area contributed by atoms with Gasteiger partial charge in [-0.3, -0.25) is 0 Å². The fourth-order valence-corrected chi connectivity index (χ4v) is 2.15. The van der Waals surface area contributed by atoms with Gasteiger partial charge in [-0.1, -0.05) is 35.5 Å². The fourth-order valence-electron chi connectivity index (χ4n) is 2.15. The van der Waals surface area contributed by atoms with E-state index in [9.17, 15) is 0 Å². The molecule has 0 bridgehead atoms. The molecule has 1 saturated heterocycles. The Morgan fingerprint density at radius 1 is 1.29 bits per heavy atom. The highest BCUT2D eigenvalue weighted by Gasteiger charge is 2.21. The van der Waals surface area contributed by atoms with Gasteiger partial charge in [0.2, 0.25) is 5.89 Å². The Morgan fingerprint density at radius 3 is 2.94 bits per heavy atom. The van der Waals surface area contributed by atoms with Gasteiger partial charge < -0.3 is 9.84 Å². The minimum absolute atomic E-state index is 0.420. The Hall–Kier alpha value is -1.68. The first-order valence-corrected chi connectivity index (χ1v) is 5.99. The van der Waals surface area contributed by atoms with Gasteiger partial charge in [0, 0.05) is 12.5 Å². The third-order valence-electron chi connectivity index (χ3n) is 3.11. The van der Waals surface area contributed by atoms with Gasteiger partial charge >= 0.3 is 0 Å². The smallest absolute Gasteiger partial charge is 0.231 e. The van der Waals surface area contributed by atoms with Crippen LogP contribution in [0.2, 0.25) is 0 Å². The van der Waals surface area contributed by atoms with E-state index in [4.69, 9.17) is 4.52 Å². The second-order valence-electron chi connectivity index (χ2n) is 4.40. The van der Waals surface area contributed by atoms with E-state index >= 15 is 0 Å². The molecule has 0 unspecified atom stereocenters.